The van der Waals surface area contributed by atoms with Gasteiger partial charge < -0.3 is 5.73 Å². The first-order valence-corrected chi connectivity index (χ1v) is 7.06. The van der Waals surface area contributed by atoms with Crippen LogP contribution in [0.3, 0.4) is 0 Å². The van der Waals surface area contributed by atoms with E-state index in [1.165, 1.54) is 35.2 Å². The molecule has 0 aliphatic heterocycles. The van der Waals surface area contributed by atoms with Gasteiger partial charge in [-0.25, -0.2) is 4.98 Å². The lowest BCUT2D eigenvalue weighted by molar-refractivity contribution is -0.387. The maximum Gasteiger partial charge on any atom is 0.304 e. The standard InChI is InChI=1S/C11H10FN3O2S2/c1-6-10(19-11(13)14-6)18-5-7-2-3-9(15(16)17)8(12)4-7/h2-4H,5H2,1H3,(H2,13,14). The van der Waals surface area contributed by atoms with Crippen molar-refractivity contribution in [2.45, 2.75) is 16.9 Å². The summed E-state index contributed by atoms with van der Waals surface area (Å²) in [6.07, 6.45) is 0. The number of aryl methyl sites for hydroxylation is 1. The molecular formula is C11H10FN3O2S2. The van der Waals surface area contributed by atoms with Crippen molar-refractivity contribution < 1.29 is 9.31 Å². The highest BCUT2D eigenvalue weighted by molar-refractivity contribution is 8.00. The molecule has 0 unspecified atom stereocenters. The molecule has 0 aliphatic carbocycles. The van der Waals surface area contributed by atoms with Crippen LogP contribution in [0.15, 0.2) is 22.4 Å². The van der Waals surface area contributed by atoms with Crippen molar-refractivity contribution in [2.75, 3.05) is 5.73 Å². The minimum atomic E-state index is -0.816. The second-order valence-corrected chi connectivity index (χ2v) is 6.03. The second kappa shape index (κ2) is 5.54. The van der Waals surface area contributed by atoms with Gasteiger partial charge in [-0.05, 0) is 18.6 Å². The molecule has 0 radical (unpaired) electrons. The van der Waals surface area contributed by atoms with Crippen LogP contribution in [0.5, 0.6) is 0 Å². The van der Waals surface area contributed by atoms with Crippen molar-refractivity contribution in [1.82, 2.24) is 4.98 Å². The summed E-state index contributed by atoms with van der Waals surface area (Å²) in [4.78, 5) is 13.9. The van der Waals surface area contributed by atoms with Gasteiger partial charge in [0.05, 0.1) is 14.8 Å². The lowest BCUT2D eigenvalue weighted by Gasteiger charge is -2.01. The number of nitro benzene ring substituents is 1. The molecule has 100 valence electrons. The van der Waals surface area contributed by atoms with E-state index < -0.39 is 16.4 Å². The number of nitrogen functional groups attached to an aromatic ring is 1. The van der Waals surface area contributed by atoms with E-state index in [4.69, 9.17) is 5.73 Å². The van der Waals surface area contributed by atoms with E-state index in [0.717, 1.165) is 9.90 Å². The molecule has 0 spiro atoms. The molecule has 5 nitrogen and oxygen atoms in total. The highest BCUT2D eigenvalue weighted by Gasteiger charge is 2.14. The third-order valence-electron chi connectivity index (χ3n) is 2.35. The summed E-state index contributed by atoms with van der Waals surface area (Å²) < 4.78 is 14.4. The average molecular weight is 299 g/mol. The van der Waals surface area contributed by atoms with E-state index in [2.05, 4.69) is 4.98 Å². The van der Waals surface area contributed by atoms with Crippen molar-refractivity contribution in [3.63, 3.8) is 0 Å². The quantitative estimate of drug-likeness (QED) is 0.531. The fourth-order valence-corrected chi connectivity index (χ4v) is 3.44. The van der Waals surface area contributed by atoms with Gasteiger partial charge in [-0.3, -0.25) is 10.1 Å². The molecule has 2 rings (SSSR count). The van der Waals surface area contributed by atoms with Gasteiger partial charge in [0.2, 0.25) is 5.82 Å². The van der Waals surface area contributed by atoms with Gasteiger partial charge in [0.1, 0.15) is 0 Å². The molecule has 2 aromatic rings. The summed E-state index contributed by atoms with van der Waals surface area (Å²) in [6.45, 7) is 1.85. The summed E-state index contributed by atoms with van der Waals surface area (Å²) in [5.74, 6) is -0.305. The minimum Gasteiger partial charge on any atom is -0.375 e. The van der Waals surface area contributed by atoms with Crippen molar-refractivity contribution in [3.05, 3.63) is 45.4 Å². The Kier molecular flexibility index (Phi) is 4.01. The van der Waals surface area contributed by atoms with Crippen LogP contribution in [0.25, 0.3) is 0 Å². The van der Waals surface area contributed by atoms with Crippen molar-refractivity contribution in [3.8, 4) is 0 Å². The summed E-state index contributed by atoms with van der Waals surface area (Å²) in [5, 5.41) is 11.0. The number of hydrogen-bond donors (Lipinski definition) is 1. The van der Waals surface area contributed by atoms with E-state index in [-0.39, 0.29) is 0 Å². The van der Waals surface area contributed by atoms with E-state index in [1.54, 1.807) is 6.07 Å². The van der Waals surface area contributed by atoms with Gasteiger partial charge in [-0.15, -0.1) is 11.8 Å². The monoisotopic (exact) mass is 299 g/mol. The number of aromatic nitrogens is 1. The van der Waals surface area contributed by atoms with Crippen molar-refractivity contribution in [1.29, 1.82) is 0 Å². The van der Waals surface area contributed by atoms with Crippen LogP contribution in [0, 0.1) is 22.9 Å². The Labute approximate surface area is 116 Å². The SMILES string of the molecule is Cc1nc(N)sc1SCc1ccc([N+](=O)[O-])c(F)c1. The Bertz CT molecular complexity index is 630. The third kappa shape index (κ3) is 3.21. The predicted molar refractivity (Wildman–Crippen MR) is 73.9 cm³/mol. The van der Waals surface area contributed by atoms with Crippen LogP contribution in [-0.4, -0.2) is 9.91 Å². The van der Waals surface area contributed by atoms with Crippen LogP contribution in [0.4, 0.5) is 15.2 Å². The number of rotatable bonds is 4. The molecule has 0 aliphatic rings. The molecule has 0 saturated heterocycles. The van der Waals surface area contributed by atoms with Gasteiger partial charge in [-0.2, -0.15) is 4.39 Å². The molecule has 8 heteroatoms. The van der Waals surface area contributed by atoms with Gasteiger partial charge in [0, 0.05) is 11.8 Å². The van der Waals surface area contributed by atoms with E-state index in [9.17, 15) is 14.5 Å². The van der Waals surface area contributed by atoms with Crippen LogP contribution >= 0.6 is 23.1 Å². The highest BCUT2D eigenvalue weighted by atomic mass is 32.2. The van der Waals surface area contributed by atoms with Crippen LogP contribution in [0.1, 0.15) is 11.3 Å². The Hall–Kier alpha value is -1.67. The zero-order valence-electron chi connectivity index (χ0n) is 9.92. The first-order valence-electron chi connectivity index (χ1n) is 5.26. The Morgan fingerprint density at radius 3 is 2.84 bits per heavy atom. The molecule has 1 aromatic heterocycles. The molecule has 0 bridgehead atoms. The Morgan fingerprint density at radius 1 is 1.58 bits per heavy atom. The van der Waals surface area contributed by atoms with Crippen molar-refractivity contribution in [2.24, 2.45) is 0 Å². The molecule has 19 heavy (non-hydrogen) atoms. The van der Waals surface area contributed by atoms with Crippen LogP contribution in [0.2, 0.25) is 0 Å². The lowest BCUT2D eigenvalue weighted by Crippen LogP contribution is -1.93. The average Bonchev–Trinajstić information content (AvgIpc) is 2.65. The first-order chi connectivity index (χ1) is 8.97. The molecule has 0 atom stereocenters. The zero-order valence-corrected chi connectivity index (χ0v) is 11.6. The minimum absolute atomic E-state index is 0.495. The van der Waals surface area contributed by atoms with Gasteiger partial charge in [0.25, 0.3) is 0 Å². The van der Waals surface area contributed by atoms with E-state index in [1.807, 2.05) is 6.92 Å². The Balaban J connectivity index is 2.10. The van der Waals surface area contributed by atoms with Gasteiger partial charge in [-0.1, -0.05) is 17.4 Å². The molecule has 0 saturated carbocycles. The third-order valence-corrected chi connectivity index (χ3v) is 4.77. The smallest absolute Gasteiger partial charge is 0.304 e. The number of hydrogen-bond acceptors (Lipinski definition) is 6. The number of nitrogens with two attached hydrogens (primary N) is 1. The number of anilines is 1. The number of thioether (sulfide) groups is 1. The number of nitro groups is 1. The van der Waals surface area contributed by atoms with Gasteiger partial charge in [0.15, 0.2) is 5.13 Å². The molecule has 1 heterocycles. The lowest BCUT2D eigenvalue weighted by atomic mass is 10.2. The fraction of sp³-hybridized carbons (Fsp3) is 0.182. The maximum atomic E-state index is 13.4. The predicted octanol–water partition coefficient (Wildman–Crippen LogP) is 3.37. The largest absolute Gasteiger partial charge is 0.375 e. The summed E-state index contributed by atoms with van der Waals surface area (Å²) in [7, 11) is 0. The number of halogens is 1. The summed E-state index contributed by atoms with van der Waals surface area (Å²) in [5.41, 5.74) is 6.60. The van der Waals surface area contributed by atoms with Crippen LogP contribution < -0.4 is 5.73 Å². The molecule has 1 aromatic carbocycles. The zero-order chi connectivity index (χ0) is 14.0. The second-order valence-electron chi connectivity index (χ2n) is 3.76. The highest BCUT2D eigenvalue weighted by Crippen LogP contribution is 2.33. The molecule has 2 N–H and O–H groups in total. The van der Waals surface area contributed by atoms with E-state index in [0.29, 0.717) is 16.4 Å². The van der Waals surface area contributed by atoms with Gasteiger partial charge >= 0.3 is 5.69 Å². The molecule has 0 fully saturated rings. The Morgan fingerprint density at radius 2 is 2.32 bits per heavy atom. The number of benzene rings is 1. The molecular weight excluding hydrogens is 289 g/mol. The normalized spacial score (nSPS) is 10.6. The number of nitrogens with zero attached hydrogens (tertiary/aromatic N) is 2. The molecule has 0 amide bonds. The van der Waals surface area contributed by atoms with E-state index >= 15 is 0 Å². The van der Waals surface area contributed by atoms with Crippen LogP contribution in [-0.2, 0) is 5.75 Å². The summed E-state index contributed by atoms with van der Waals surface area (Å²) >= 11 is 2.86. The number of thiazole rings is 1. The fourth-order valence-electron chi connectivity index (χ4n) is 1.47. The van der Waals surface area contributed by atoms with Crippen molar-refractivity contribution >= 4 is 33.9 Å². The first kappa shape index (κ1) is 13.8. The topological polar surface area (TPSA) is 82.0 Å². The summed E-state index contributed by atoms with van der Waals surface area (Å²) in [6, 6.07) is 3.91. The maximum absolute atomic E-state index is 13.4.